The average Bonchev–Trinajstić information content (AvgIpc) is 3.60. The normalized spacial score (nSPS) is 11.2. The summed E-state index contributed by atoms with van der Waals surface area (Å²) in [5, 5.41) is 20.6. The van der Waals surface area contributed by atoms with Crippen molar-refractivity contribution in [1.29, 1.82) is 0 Å². The van der Waals surface area contributed by atoms with Crippen LogP contribution in [0.3, 0.4) is 0 Å². The third-order valence-electron chi connectivity index (χ3n) is 5.40. The quantitative estimate of drug-likeness (QED) is 0.185. The summed E-state index contributed by atoms with van der Waals surface area (Å²) in [4.78, 5) is 26.0. The summed E-state index contributed by atoms with van der Waals surface area (Å²) in [6.07, 6.45) is 0. The van der Waals surface area contributed by atoms with E-state index < -0.39 is 0 Å². The van der Waals surface area contributed by atoms with Crippen LogP contribution in [0.5, 0.6) is 0 Å². The summed E-state index contributed by atoms with van der Waals surface area (Å²) < 4.78 is 5.65. The number of carbonyl (C=O) groups excluding carboxylic acids is 2. The van der Waals surface area contributed by atoms with Crippen molar-refractivity contribution < 1.29 is 27.5 Å². The smallest absolute Gasteiger partial charge is 0.268 e. The van der Waals surface area contributed by atoms with Gasteiger partial charge in [0.1, 0.15) is 11.0 Å². The molecule has 0 aliphatic heterocycles. The first-order valence-corrected chi connectivity index (χ1v) is 23.1. The van der Waals surface area contributed by atoms with E-state index >= 15 is 0 Å². The molecule has 0 saturated carbocycles. The van der Waals surface area contributed by atoms with Crippen molar-refractivity contribution in [3.8, 4) is 0 Å². The first kappa shape index (κ1) is 25.1. The van der Waals surface area contributed by atoms with Crippen LogP contribution in [0.2, 0.25) is 0 Å². The maximum atomic E-state index is 13.0. The van der Waals surface area contributed by atoms with Gasteiger partial charge in [-0.15, -0.1) is 19.6 Å². The number of aromatic nitrogens is 9. The molecule has 0 radical (unpaired) electrons. The standard InChI is InChI=1S/C22H16N9O2.I3/c32-21(30-17-9-3-1-7-15(17)23-25-30)13-28-19-11-5-6-12-20(19)29(27-28)14-22(33)31-18-10-4-2-8-16(18)24-26-31;1-3-2/h1-12H,13-14H2;/q+1;-1. The van der Waals surface area contributed by atoms with Gasteiger partial charge in [0.25, 0.3) is 11.8 Å². The first-order chi connectivity index (χ1) is 17.6. The van der Waals surface area contributed by atoms with Gasteiger partial charge in [0.2, 0.25) is 0 Å². The minimum Gasteiger partial charge on any atom is -0.268 e. The van der Waals surface area contributed by atoms with E-state index in [1.807, 2.05) is 48.5 Å². The van der Waals surface area contributed by atoms with Crippen LogP contribution in [0.1, 0.15) is 9.59 Å². The Hall–Kier alpha value is -2.61. The van der Waals surface area contributed by atoms with Crippen LogP contribution in [-0.2, 0) is 13.1 Å². The van der Waals surface area contributed by atoms with E-state index in [0.29, 0.717) is 46.4 Å². The Labute approximate surface area is 233 Å². The van der Waals surface area contributed by atoms with E-state index in [1.165, 1.54) is 9.36 Å². The van der Waals surface area contributed by atoms with Crippen molar-refractivity contribution in [2.75, 3.05) is 0 Å². The molecule has 0 aliphatic rings. The molecule has 14 heteroatoms. The fourth-order valence-corrected chi connectivity index (χ4v) is 3.86. The Kier molecular flexibility index (Phi) is 7.79. The third kappa shape index (κ3) is 4.97. The molecule has 0 saturated heterocycles. The number of fused-ring (bicyclic) bond motifs is 3. The molecular weight excluding hydrogens is 803 g/mol. The monoisotopic (exact) mass is 819 g/mol. The van der Waals surface area contributed by atoms with Crippen LogP contribution >= 0.6 is 37.2 Å². The summed E-state index contributed by atoms with van der Waals surface area (Å²) in [5.41, 5.74) is 3.95. The van der Waals surface area contributed by atoms with E-state index in [4.69, 9.17) is 0 Å². The van der Waals surface area contributed by atoms with E-state index in [0.717, 1.165) is 0 Å². The molecule has 0 atom stereocenters. The molecule has 0 N–H and O–H groups in total. The van der Waals surface area contributed by atoms with Crippen molar-refractivity contribution in [3.63, 3.8) is 0 Å². The van der Waals surface area contributed by atoms with Crippen molar-refractivity contribution in [2.24, 2.45) is 0 Å². The zero-order valence-electron chi connectivity index (χ0n) is 18.3. The number of nitrogens with zero attached hydrogens (tertiary/aromatic N) is 9. The Morgan fingerprint density at radius 1 is 0.750 bits per heavy atom. The molecule has 0 amide bonds. The molecule has 0 unspecified atom stereocenters. The Balaban J connectivity index is 0.000000848. The molecule has 3 heterocycles. The predicted molar refractivity (Wildman–Crippen MR) is 144 cm³/mol. The maximum absolute atomic E-state index is 13.0. The van der Waals surface area contributed by atoms with E-state index in [2.05, 4.69) is 63.1 Å². The molecule has 6 aromatic rings. The average molecular weight is 819 g/mol. The molecule has 3 aromatic carbocycles. The van der Waals surface area contributed by atoms with Crippen molar-refractivity contribution >= 4 is 82.1 Å². The van der Waals surface area contributed by atoms with E-state index in [9.17, 15) is 9.59 Å². The maximum Gasteiger partial charge on any atom is 0.293 e. The van der Waals surface area contributed by atoms with Gasteiger partial charge in [-0.3, -0.25) is 9.59 Å². The number of halogens is 3. The summed E-state index contributed by atoms with van der Waals surface area (Å²) in [7, 11) is 0. The van der Waals surface area contributed by atoms with Gasteiger partial charge in [0.15, 0.2) is 24.1 Å². The number of para-hydroxylation sites is 4. The minimum absolute atomic E-state index is 0.0681. The van der Waals surface area contributed by atoms with E-state index in [1.54, 1.807) is 33.6 Å². The molecule has 182 valence electrons. The van der Waals surface area contributed by atoms with Gasteiger partial charge in [-0.25, -0.2) is 0 Å². The van der Waals surface area contributed by atoms with Crippen LogP contribution in [0.25, 0.3) is 33.1 Å². The second-order valence-corrected chi connectivity index (χ2v) is 23.8. The van der Waals surface area contributed by atoms with Gasteiger partial charge >= 0.3 is 50.5 Å². The van der Waals surface area contributed by atoms with Crippen molar-refractivity contribution in [3.05, 3.63) is 72.8 Å². The second-order valence-electron chi connectivity index (χ2n) is 7.51. The number of carbonyl (C=O) groups is 2. The van der Waals surface area contributed by atoms with Gasteiger partial charge in [-0.1, -0.05) is 46.8 Å². The van der Waals surface area contributed by atoms with Crippen LogP contribution in [0, 0.1) is 0 Å². The molecule has 0 bridgehead atoms. The Bertz CT molecular complexity index is 1590. The van der Waals surface area contributed by atoms with Gasteiger partial charge in [-0.2, -0.15) is 9.36 Å². The fourth-order valence-electron chi connectivity index (χ4n) is 3.86. The number of rotatable bonds is 4. The topological polar surface area (TPSA) is 117 Å². The van der Waals surface area contributed by atoms with Crippen molar-refractivity contribution in [2.45, 2.75) is 13.1 Å². The number of hydrogen-bond acceptors (Lipinski definition) is 7. The van der Waals surface area contributed by atoms with Gasteiger partial charge in [0.05, 0.1) is 16.2 Å². The Morgan fingerprint density at radius 3 is 1.86 bits per heavy atom. The molecule has 36 heavy (non-hydrogen) atoms. The molecular formula is C22H16I3N9O2. The number of benzene rings is 3. The summed E-state index contributed by atoms with van der Waals surface area (Å²) in [5.74, 6) is -0.588. The summed E-state index contributed by atoms with van der Waals surface area (Å²) in [6, 6.07) is 21.9. The predicted octanol–water partition coefficient (Wildman–Crippen LogP) is 0.269. The van der Waals surface area contributed by atoms with Crippen molar-refractivity contribution in [1.82, 2.24) is 39.9 Å². The molecule has 0 aliphatic carbocycles. The Morgan fingerprint density at radius 2 is 1.25 bits per heavy atom. The first-order valence-electron chi connectivity index (χ1n) is 10.5. The molecule has 11 nitrogen and oxygen atoms in total. The summed E-state index contributed by atoms with van der Waals surface area (Å²) in [6.45, 7) is -0.136. The molecule has 3 aromatic heterocycles. The third-order valence-corrected chi connectivity index (χ3v) is 5.40. The largest absolute Gasteiger partial charge is 0.293 e. The SMILES string of the molecule is I[I-]I.O=C(Cn1n[n+](CC(=O)n2nnc3ccccc32)c2ccccc21)n1nnc2ccccc21. The van der Waals surface area contributed by atoms with Crippen LogP contribution < -0.4 is 17.9 Å². The van der Waals surface area contributed by atoms with Crippen LogP contribution in [-0.4, -0.2) is 51.7 Å². The van der Waals surface area contributed by atoms with Gasteiger partial charge in [0, 0.05) is 0 Å². The molecule has 0 spiro atoms. The zero-order valence-corrected chi connectivity index (χ0v) is 24.8. The van der Waals surface area contributed by atoms with E-state index in [-0.39, 0.29) is 24.9 Å². The van der Waals surface area contributed by atoms with Gasteiger partial charge < -0.3 is 0 Å². The zero-order chi connectivity index (χ0) is 25.1. The van der Waals surface area contributed by atoms with Crippen LogP contribution in [0.4, 0.5) is 0 Å². The molecule has 0 fully saturated rings. The molecule has 6 rings (SSSR count). The fraction of sp³-hybridized carbons (Fsp3) is 0.0909. The summed E-state index contributed by atoms with van der Waals surface area (Å²) >= 11 is 5.30. The van der Waals surface area contributed by atoms with Gasteiger partial charge in [-0.05, 0) is 36.4 Å². The number of hydrogen-bond donors (Lipinski definition) is 0. The second kappa shape index (κ2) is 11.2. The van der Waals surface area contributed by atoms with Crippen LogP contribution in [0.15, 0.2) is 72.8 Å². The minimum atomic E-state index is -0.294.